The lowest BCUT2D eigenvalue weighted by Gasteiger charge is -2.07. The Morgan fingerprint density at radius 1 is 1.18 bits per heavy atom. The second-order valence-corrected chi connectivity index (χ2v) is 4.94. The summed E-state index contributed by atoms with van der Waals surface area (Å²) in [5, 5.41) is 2.87. The van der Waals surface area contributed by atoms with Gasteiger partial charge in [-0.2, -0.15) is 0 Å². The van der Waals surface area contributed by atoms with Crippen molar-refractivity contribution in [2.75, 3.05) is 13.2 Å². The third-order valence-corrected chi connectivity index (χ3v) is 3.15. The Balaban J connectivity index is 1.48. The topological polar surface area (TPSA) is 51.5 Å². The SMILES string of the molecule is O=C(CCc1ccco1)NCCCCOc1ccc(F)cc1. The molecular weight excluding hydrogens is 285 g/mol. The van der Waals surface area contributed by atoms with Gasteiger partial charge in [0.25, 0.3) is 0 Å². The zero-order chi connectivity index (χ0) is 15.6. The summed E-state index contributed by atoms with van der Waals surface area (Å²) in [4.78, 5) is 11.6. The number of halogens is 1. The molecule has 0 radical (unpaired) electrons. The second kappa shape index (κ2) is 8.87. The highest BCUT2D eigenvalue weighted by atomic mass is 19.1. The monoisotopic (exact) mass is 305 g/mol. The molecule has 5 heteroatoms. The van der Waals surface area contributed by atoms with E-state index in [1.54, 1.807) is 18.4 Å². The van der Waals surface area contributed by atoms with Crippen LogP contribution in [0, 0.1) is 5.82 Å². The van der Waals surface area contributed by atoms with E-state index < -0.39 is 0 Å². The van der Waals surface area contributed by atoms with E-state index in [2.05, 4.69) is 5.32 Å². The zero-order valence-corrected chi connectivity index (χ0v) is 12.4. The first kappa shape index (κ1) is 16.1. The number of hydrogen-bond donors (Lipinski definition) is 1. The molecule has 0 saturated heterocycles. The maximum absolute atomic E-state index is 12.7. The summed E-state index contributed by atoms with van der Waals surface area (Å²) in [5.74, 6) is 1.23. The fourth-order valence-electron chi connectivity index (χ4n) is 1.96. The maximum Gasteiger partial charge on any atom is 0.220 e. The molecule has 2 rings (SSSR count). The fourth-order valence-corrected chi connectivity index (χ4v) is 1.96. The highest BCUT2D eigenvalue weighted by Gasteiger charge is 2.03. The van der Waals surface area contributed by atoms with Crippen molar-refractivity contribution >= 4 is 5.91 Å². The Labute approximate surface area is 129 Å². The molecule has 1 N–H and O–H groups in total. The Morgan fingerprint density at radius 3 is 2.73 bits per heavy atom. The van der Waals surface area contributed by atoms with E-state index >= 15 is 0 Å². The lowest BCUT2D eigenvalue weighted by Crippen LogP contribution is -2.24. The van der Waals surface area contributed by atoms with Crippen LogP contribution in [0.25, 0.3) is 0 Å². The van der Waals surface area contributed by atoms with Gasteiger partial charge in [0, 0.05) is 19.4 Å². The smallest absolute Gasteiger partial charge is 0.220 e. The minimum Gasteiger partial charge on any atom is -0.494 e. The molecule has 1 amide bonds. The quantitative estimate of drug-likeness (QED) is 0.723. The Morgan fingerprint density at radius 2 is 2.00 bits per heavy atom. The number of benzene rings is 1. The molecule has 2 aromatic rings. The van der Waals surface area contributed by atoms with E-state index in [-0.39, 0.29) is 11.7 Å². The summed E-state index contributed by atoms with van der Waals surface area (Å²) in [7, 11) is 0. The van der Waals surface area contributed by atoms with Gasteiger partial charge in [-0.15, -0.1) is 0 Å². The molecule has 22 heavy (non-hydrogen) atoms. The van der Waals surface area contributed by atoms with E-state index in [1.165, 1.54) is 12.1 Å². The van der Waals surface area contributed by atoms with Crippen LogP contribution in [-0.2, 0) is 11.2 Å². The number of furan rings is 1. The number of amides is 1. The van der Waals surface area contributed by atoms with Crippen LogP contribution in [0.15, 0.2) is 47.1 Å². The van der Waals surface area contributed by atoms with Gasteiger partial charge in [0.1, 0.15) is 17.3 Å². The van der Waals surface area contributed by atoms with Crippen LogP contribution in [0.4, 0.5) is 4.39 Å². The van der Waals surface area contributed by atoms with Gasteiger partial charge >= 0.3 is 0 Å². The molecule has 0 aliphatic rings. The molecule has 1 aromatic carbocycles. The largest absolute Gasteiger partial charge is 0.494 e. The van der Waals surface area contributed by atoms with Crippen molar-refractivity contribution in [3.8, 4) is 5.75 Å². The van der Waals surface area contributed by atoms with Crippen molar-refractivity contribution in [3.05, 3.63) is 54.2 Å². The minimum absolute atomic E-state index is 0.0239. The number of nitrogens with one attached hydrogen (secondary N) is 1. The van der Waals surface area contributed by atoms with Crippen LogP contribution in [-0.4, -0.2) is 19.1 Å². The highest BCUT2D eigenvalue weighted by molar-refractivity contribution is 5.75. The predicted molar refractivity (Wildman–Crippen MR) is 81.2 cm³/mol. The van der Waals surface area contributed by atoms with Crippen molar-refractivity contribution in [2.45, 2.75) is 25.7 Å². The van der Waals surface area contributed by atoms with Gasteiger partial charge in [-0.25, -0.2) is 4.39 Å². The number of carbonyl (C=O) groups is 1. The summed E-state index contributed by atoms with van der Waals surface area (Å²) in [6.45, 7) is 1.18. The van der Waals surface area contributed by atoms with Crippen molar-refractivity contribution < 1.29 is 18.3 Å². The Bertz CT molecular complexity index is 552. The molecule has 118 valence electrons. The standard InChI is InChI=1S/C17H20FNO3/c18-14-5-7-16(8-6-14)21-12-2-1-11-19-17(20)10-9-15-4-3-13-22-15/h3-8,13H,1-2,9-12H2,(H,19,20). The number of ether oxygens (including phenoxy) is 1. The first-order valence-electron chi connectivity index (χ1n) is 7.41. The molecule has 1 aromatic heterocycles. The van der Waals surface area contributed by atoms with E-state index in [0.717, 1.165) is 18.6 Å². The number of aryl methyl sites for hydroxylation is 1. The molecule has 0 spiro atoms. The third kappa shape index (κ3) is 5.99. The van der Waals surface area contributed by atoms with Gasteiger partial charge in [0.05, 0.1) is 12.9 Å². The average Bonchev–Trinajstić information content (AvgIpc) is 3.04. The van der Waals surface area contributed by atoms with Crippen LogP contribution in [0.1, 0.15) is 25.0 Å². The van der Waals surface area contributed by atoms with Gasteiger partial charge in [-0.3, -0.25) is 4.79 Å². The van der Waals surface area contributed by atoms with Crippen molar-refractivity contribution in [2.24, 2.45) is 0 Å². The molecule has 0 saturated carbocycles. The predicted octanol–water partition coefficient (Wildman–Crippen LogP) is 3.33. The third-order valence-electron chi connectivity index (χ3n) is 3.15. The van der Waals surface area contributed by atoms with Gasteiger partial charge in [-0.05, 0) is 49.2 Å². The highest BCUT2D eigenvalue weighted by Crippen LogP contribution is 2.11. The molecule has 0 aliphatic heterocycles. The number of rotatable bonds is 9. The van der Waals surface area contributed by atoms with E-state index in [4.69, 9.17) is 9.15 Å². The Kier molecular flexibility index (Phi) is 6.48. The molecule has 0 aliphatic carbocycles. The fraction of sp³-hybridized carbons (Fsp3) is 0.353. The summed E-state index contributed by atoms with van der Waals surface area (Å²) < 4.78 is 23.3. The number of carbonyl (C=O) groups excluding carboxylic acids is 1. The van der Waals surface area contributed by atoms with E-state index in [9.17, 15) is 9.18 Å². The second-order valence-electron chi connectivity index (χ2n) is 4.94. The summed E-state index contributed by atoms with van der Waals surface area (Å²) in [5.41, 5.74) is 0. The molecule has 4 nitrogen and oxygen atoms in total. The van der Waals surface area contributed by atoms with E-state index in [1.807, 2.05) is 12.1 Å². The van der Waals surface area contributed by atoms with Crippen molar-refractivity contribution in [1.82, 2.24) is 5.32 Å². The summed E-state index contributed by atoms with van der Waals surface area (Å²) in [6, 6.07) is 9.62. The van der Waals surface area contributed by atoms with Crippen molar-refractivity contribution in [3.63, 3.8) is 0 Å². The molecule has 0 unspecified atom stereocenters. The van der Waals surface area contributed by atoms with E-state index in [0.29, 0.717) is 31.7 Å². The molecule has 1 heterocycles. The molecule has 0 fully saturated rings. The van der Waals surface area contributed by atoms with Gasteiger partial charge in [0.15, 0.2) is 0 Å². The van der Waals surface area contributed by atoms with Crippen LogP contribution >= 0.6 is 0 Å². The normalized spacial score (nSPS) is 10.4. The lowest BCUT2D eigenvalue weighted by molar-refractivity contribution is -0.121. The first-order valence-corrected chi connectivity index (χ1v) is 7.41. The average molecular weight is 305 g/mol. The Hall–Kier alpha value is -2.30. The minimum atomic E-state index is -0.274. The molecular formula is C17H20FNO3. The number of hydrogen-bond acceptors (Lipinski definition) is 3. The van der Waals surface area contributed by atoms with Crippen LogP contribution in [0.2, 0.25) is 0 Å². The van der Waals surface area contributed by atoms with Crippen LogP contribution in [0.5, 0.6) is 5.75 Å². The van der Waals surface area contributed by atoms with Crippen LogP contribution in [0.3, 0.4) is 0 Å². The molecule has 0 bridgehead atoms. The first-order chi connectivity index (χ1) is 10.7. The van der Waals surface area contributed by atoms with Gasteiger partial charge in [-0.1, -0.05) is 0 Å². The number of unbranched alkanes of at least 4 members (excludes halogenated alkanes) is 1. The van der Waals surface area contributed by atoms with Gasteiger partial charge < -0.3 is 14.5 Å². The maximum atomic E-state index is 12.7. The van der Waals surface area contributed by atoms with Gasteiger partial charge in [0.2, 0.25) is 5.91 Å². The summed E-state index contributed by atoms with van der Waals surface area (Å²) in [6.07, 6.45) is 4.32. The zero-order valence-electron chi connectivity index (χ0n) is 12.4. The van der Waals surface area contributed by atoms with Crippen molar-refractivity contribution in [1.29, 1.82) is 0 Å². The summed E-state index contributed by atoms with van der Waals surface area (Å²) >= 11 is 0. The lowest BCUT2D eigenvalue weighted by atomic mass is 10.2. The van der Waals surface area contributed by atoms with Crippen LogP contribution < -0.4 is 10.1 Å². The molecule has 0 atom stereocenters.